The monoisotopic (exact) mass is 209 g/mol. The van der Waals surface area contributed by atoms with Crippen molar-refractivity contribution in [2.75, 3.05) is 0 Å². The number of rotatable bonds is 9. The first kappa shape index (κ1) is 14.4. The van der Waals surface area contributed by atoms with Gasteiger partial charge in [-0.2, -0.15) is 0 Å². The number of allylic oxidation sites excluding steroid dienone is 2. The third-order valence-electron chi connectivity index (χ3n) is 3.35. The van der Waals surface area contributed by atoms with Crippen LogP contribution in [0.5, 0.6) is 0 Å². The molecular weight excluding hydrogens is 182 g/mol. The van der Waals surface area contributed by atoms with Crippen molar-refractivity contribution >= 4 is 0 Å². The van der Waals surface area contributed by atoms with Crippen LogP contribution in [-0.4, -0.2) is 6.04 Å². The Bertz CT molecular complexity index is 172. The minimum absolute atomic E-state index is 0.193. The van der Waals surface area contributed by atoms with Gasteiger partial charge in [0.15, 0.2) is 0 Å². The Kier molecular flexibility index (Phi) is 7.41. The van der Waals surface area contributed by atoms with Gasteiger partial charge in [-0.25, -0.2) is 0 Å². The van der Waals surface area contributed by atoms with E-state index in [1.54, 1.807) is 0 Å². The Balaban J connectivity index is 4.46. The lowest BCUT2D eigenvalue weighted by Crippen LogP contribution is -2.39. The first-order valence-corrected chi connectivity index (χ1v) is 6.10. The molecule has 0 amide bonds. The summed E-state index contributed by atoms with van der Waals surface area (Å²) in [5.74, 6) is 0. The van der Waals surface area contributed by atoms with Gasteiger partial charge in [0.25, 0.3) is 0 Å². The van der Waals surface area contributed by atoms with Crippen molar-refractivity contribution in [3.8, 4) is 0 Å². The Labute approximate surface area is 95.4 Å². The maximum Gasteiger partial charge on any atom is 0.00729 e. The molecule has 88 valence electrons. The van der Waals surface area contributed by atoms with Gasteiger partial charge in [-0.1, -0.05) is 38.3 Å². The van der Waals surface area contributed by atoms with Crippen LogP contribution in [0, 0.1) is 5.41 Å². The van der Waals surface area contributed by atoms with Gasteiger partial charge in [-0.3, -0.25) is 0 Å². The van der Waals surface area contributed by atoms with Gasteiger partial charge in [0.1, 0.15) is 0 Å². The van der Waals surface area contributed by atoms with E-state index in [-0.39, 0.29) is 11.5 Å². The molecule has 1 unspecified atom stereocenters. The van der Waals surface area contributed by atoms with Crippen LogP contribution in [0.2, 0.25) is 0 Å². The molecule has 0 heterocycles. The zero-order valence-electron chi connectivity index (χ0n) is 10.5. The maximum atomic E-state index is 6.13. The fourth-order valence-electron chi connectivity index (χ4n) is 2.19. The van der Waals surface area contributed by atoms with Crippen molar-refractivity contribution in [3.05, 3.63) is 25.3 Å². The van der Waals surface area contributed by atoms with Crippen LogP contribution in [0.1, 0.15) is 52.4 Å². The fourth-order valence-corrected chi connectivity index (χ4v) is 2.19. The minimum atomic E-state index is 0.193. The van der Waals surface area contributed by atoms with Crippen LogP contribution < -0.4 is 5.73 Å². The third-order valence-corrected chi connectivity index (χ3v) is 3.35. The van der Waals surface area contributed by atoms with Gasteiger partial charge < -0.3 is 5.73 Å². The van der Waals surface area contributed by atoms with E-state index in [0.29, 0.717) is 0 Å². The lowest BCUT2D eigenvalue weighted by molar-refractivity contribution is 0.212. The van der Waals surface area contributed by atoms with Crippen molar-refractivity contribution in [2.24, 2.45) is 11.1 Å². The van der Waals surface area contributed by atoms with Crippen molar-refractivity contribution in [3.63, 3.8) is 0 Å². The maximum absolute atomic E-state index is 6.13. The molecule has 0 aliphatic carbocycles. The van der Waals surface area contributed by atoms with Gasteiger partial charge in [0, 0.05) is 6.04 Å². The minimum Gasteiger partial charge on any atom is -0.327 e. The molecule has 0 aliphatic heterocycles. The Morgan fingerprint density at radius 2 is 1.73 bits per heavy atom. The van der Waals surface area contributed by atoms with E-state index in [2.05, 4.69) is 27.0 Å². The highest BCUT2D eigenvalue weighted by Crippen LogP contribution is 2.36. The van der Waals surface area contributed by atoms with E-state index in [1.807, 2.05) is 12.2 Å². The lowest BCUT2D eigenvalue weighted by Gasteiger charge is -2.36. The number of hydrogen-bond donors (Lipinski definition) is 1. The average molecular weight is 209 g/mol. The highest BCUT2D eigenvalue weighted by atomic mass is 14.7. The number of nitrogens with two attached hydrogens (primary N) is 1. The van der Waals surface area contributed by atoms with Gasteiger partial charge >= 0.3 is 0 Å². The lowest BCUT2D eigenvalue weighted by atomic mass is 9.72. The Hall–Kier alpha value is -0.560. The standard InChI is InChI=1S/C14H27N/c1-5-8-9-12-14(10-6-2,11-7-3)13(4)15/h6-7,13H,2-3,5,8-12,15H2,1,4H3. The van der Waals surface area contributed by atoms with Gasteiger partial charge in [0.2, 0.25) is 0 Å². The zero-order chi connectivity index (χ0) is 11.7. The summed E-state index contributed by atoms with van der Waals surface area (Å²) in [5.41, 5.74) is 6.32. The average Bonchev–Trinajstić information content (AvgIpc) is 2.18. The van der Waals surface area contributed by atoms with E-state index in [9.17, 15) is 0 Å². The summed E-state index contributed by atoms with van der Waals surface area (Å²) >= 11 is 0. The third kappa shape index (κ3) is 4.65. The highest BCUT2D eigenvalue weighted by molar-refractivity contribution is 4.96. The molecule has 0 spiro atoms. The number of unbranched alkanes of at least 4 members (excludes halogenated alkanes) is 2. The zero-order valence-corrected chi connectivity index (χ0v) is 10.5. The summed E-state index contributed by atoms with van der Waals surface area (Å²) in [6, 6.07) is 0.213. The first-order valence-electron chi connectivity index (χ1n) is 6.10. The molecule has 0 aliphatic rings. The molecule has 0 fully saturated rings. The van der Waals surface area contributed by atoms with Crippen LogP contribution in [-0.2, 0) is 0 Å². The second kappa shape index (κ2) is 7.70. The topological polar surface area (TPSA) is 26.0 Å². The molecule has 0 rings (SSSR count). The SMILES string of the molecule is C=CCC(CC=C)(CCCCC)C(C)N. The van der Waals surface area contributed by atoms with Crippen LogP contribution >= 0.6 is 0 Å². The van der Waals surface area contributed by atoms with Gasteiger partial charge in [-0.05, 0) is 31.6 Å². The second-order valence-electron chi connectivity index (χ2n) is 4.59. The van der Waals surface area contributed by atoms with Crippen molar-refractivity contribution < 1.29 is 0 Å². The summed E-state index contributed by atoms with van der Waals surface area (Å²) in [4.78, 5) is 0. The molecule has 0 saturated heterocycles. The Morgan fingerprint density at radius 1 is 1.20 bits per heavy atom. The molecule has 0 aromatic rings. The highest BCUT2D eigenvalue weighted by Gasteiger charge is 2.30. The van der Waals surface area contributed by atoms with Crippen molar-refractivity contribution in [2.45, 2.75) is 58.4 Å². The summed E-state index contributed by atoms with van der Waals surface area (Å²) in [7, 11) is 0. The van der Waals surface area contributed by atoms with Crippen LogP contribution in [0.4, 0.5) is 0 Å². The van der Waals surface area contributed by atoms with Crippen LogP contribution in [0.25, 0.3) is 0 Å². The quantitative estimate of drug-likeness (QED) is 0.450. The molecule has 1 heteroatoms. The van der Waals surface area contributed by atoms with Crippen LogP contribution in [0.3, 0.4) is 0 Å². The molecule has 1 atom stereocenters. The summed E-state index contributed by atoms with van der Waals surface area (Å²) in [5, 5.41) is 0. The molecule has 0 aromatic carbocycles. The first-order chi connectivity index (χ1) is 7.13. The predicted octanol–water partition coefficient (Wildman–Crippen LogP) is 4.05. The van der Waals surface area contributed by atoms with Gasteiger partial charge in [0.05, 0.1) is 0 Å². The Morgan fingerprint density at radius 3 is 2.07 bits per heavy atom. The van der Waals surface area contributed by atoms with E-state index < -0.39 is 0 Å². The van der Waals surface area contributed by atoms with E-state index in [1.165, 1.54) is 25.7 Å². The van der Waals surface area contributed by atoms with E-state index >= 15 is 0 Å². The summed E-state index contributed by atoms with van der Waals surface area (Å²) < 4.78 is 0. The smallest absolute Gasteiger partial charge is 0.00729 e. The van der Waals surface area contributed by atoms with Gasteiger partial charge in [-0.15, -0.1) is 13.2 Å². The second-order valence-corrected chi connectivity index (χ2v) is 4.59. The summed E-state index contributed by atoms with van der Waals surface area (Å²) in [6.07, 6.45) is 11.0. The molecular formula is C14H27N. The van der Waals surface area contributed by atoms with E-state index in [4.69, 9.17) is 5.73 Å². The normalized spacial score (nSPS) is 13.5. The molecule has 0 saturated carbocycles. The molecule has 0 bridgehead atoms. The van der Waals surface area contributed by atoms with Crippen LogP contribution in [0.15, 0.2) is 25.3 Å². The molecule has 1 nitrogen and oxygen atoms in total. The summed E-state index contributed by atoms with van der Waals surface area (Å²) in [6.45, 7) is 12.0. The molecule has 0 radical (unpaired) electrons. The number of hydrogen-bond acceptors (Lipinski definition) is 1. The molecule has 0 aromatic heterocycles. The predicted molar refractivity (Wildman–Crippen MR) is 69.9 cm³/mol. The molecule has 2 N–H and O–H groups in total. The fraction of sp³-hybridized carbons (Fsp3) is 0.714. The van der Waals surface area contributed by atoms with E-state index in [0.717, 1.165) is 12.8 Å². The van der Waals surface area contributed by atoms with Crippen molar-refractivity contribution in [1.29, 1.82) is 0 Å². The van der Waals surface area contributed by atoms with Crippen molar-refractivity contribution in [1.82, 2.24) is 0 Å². The largest absolute Gasteiger partial charge is 0.327 e. The molecule has 15 heavy (non-hydrogen) atoms.